The molecular formula is C17H16BrClN2O5S. The second-order valence-corrected chi connectivity index (χ2v) is 9.01. The van der Waals surface area contributed by atoms with Gasteiger partial charge in [0.25, 0.3) is 5.91 Å². The number of nitrogens with zero attached hydrogens (tertiary/aromatic N) is 1. The fourth-order valence-corrected chi connectivity index (χ4v) is 3.63. The van der Waals surface area contributed by atoms with Crippen LogP contribution in [0.4, 0.5) is 5.69 Å². The highest BCUT2D eigenvalue weighted by atomic mass is 79.9. The summed E-state index contributed by atoms with van der Waals surface area (Å²) in [5, 5.41) is 2.50. The van der Waals surface area contributed by atoms with E-state index in [4.69, 9.17) is 16.3 Å². The van der Waals surface area contributed by atoms with Gasteiger partial charge in [0.1, 0.15) is 4.90 Å². The van der Waals surface area contributed by atoms with E-state index in [1.54, 1.807) is 24.3 Å². The SMILES string of the molecule is CN(C)S(=O)(=O)c1cc(NC(=O)COC(=O)c2ccc(Br)cc2)ccc1Cl. The highest BCUT2D eigenvalue weighted by Gasteiger charge is 2.21. The predicted molar refractivity (Wildman–Crippen MR) is 105 cm³/mol. The van der Waals surface area contributed by atoms with Crippen LogP contribution in [0.5, 0.6) is 0 Å². The molecule has 2 aromatic rings. The van der Waals surface area contributed by atoms with Crippen LogP contribution in [0.1, 0.15) is 10.4 Å². The molecule has 0 spiro atoms. The van der Waals surface area contributed by atoms with Gasteiger partial charge in [0.05, 0.1) is 10.6 Å². The second kappa shape index (κ2) is 8.83. The lowest BCUT2D eigenvalue weighted by Crippen LogP contribution is -2.23. The lowest BCUT2D eigenvalue weighted by Gasteiger charge is -2.14. The summed E-state index contributed by atoms with van der Waals surface area (Å²) in [6.07, 6.45) is 0. The van der Waals surface area contributed by atoms with Crippen molar-refractivity contribution in [3.8, 4) is 0 Å². The van der Waals surface area contributed by atoms with E-state index in [0.717, 1.165) is 8.78 Å². The number of carbonyl (C=O) groups is 2. The maximum Gasteiger partial charge on any atom is 0.338 e. The van der Waals surface area contributed by atoms with Crippen molar-refractivity contribution in [1.29, 1.82) is 0 Å². The lowest BCUT2D eigenvalue weighted by atomic mass is 10.2. The maximum atomic E-state index is 12.2. The number of amides is 1. The quantitative estimate of drug-likeness (QED) is 0.648. The molecule has 0 atom stereocenters. The van der Waals surface area contributed by atoms with Crippen LogP contribution in [0, 0.1) is 0 Å². The number of carbonyl (C=O) groups excluding carboxylic acids is 2. The number of nitrogens with one attached hydrogen (secondary N) is 1. The Kier molecular flexibility index (Phi) is 6.99. The minimum absolute atomic E-state index is 0.0309. The molecule has 144 valence electrons. The maximum absolute atomic E-state index is 12.2. The number of sulfonamides is 1. The molecule has 0 bridgehead atoms. The van der Waals surface area contributed by atoms with Crippen molar-refractivity contribution in [3.63, 3.8) is 0 Å². The Morgan fingerprint density at radius 1 is 1.15 bits per heavy atom. The Hall–Kier alpha value is -1.94. The number of halogens is 2. The molecule has 1 amide bonds. The Balaban J connectivity index is 2.04. The zero-order chi connectivity index (χ0) is 20.2. The summed E-state index contributed by atoms with van der Waals surface area (Å²) in [7, 11) is -1.02. The first-order valence-corrected chi connectivity index (χ1v) is 10.2. The largest absolute Gasteiger partial charge is 0.452 e. The third-order valence-corrected chi connectivity index (χ3v) is 6.21. The van der Waals surface area contributed by atoms with Crippen LogP contribution >= 0.6 is 27.5 Å². The summed E-state index contributed by atoms with van der Waals surface area (Å²) in [4.78, 5) is 23.8. The van der Waals surface area contributed by atoms with E-state index in [9.17, 15) is 18.0 Å². The van der Waals surface area contributed by atoms with Gasteiger partial charge in [0.15, 0.2) is 6.61 Å². The smallest absolute Gasteiger partial charge is 0.338 e. The first-order chi connectivity index (χ1) is 12.6. The first-order valence-electron chi connectivity index (χ1n) is 7.56. The average molecular weight is 476 g/mol. The Morgan fingerprint density at radius 2 is 1.78 bits per heavy atom. The summed E-state index contributed by atoms with van der Waals surface area (Å²) in [6, 6.07) is 10.5. The Labute approximate surface area is 170 Å². The van der Waals surface area contributed by atoms with Gasteiger partial charge in [-0.25, -0.2) is 17.5 Å². The summed E-state index contributed by atoms with van der Waals surface area (Å²) >= 11 is 9.21. The van der Waals surface area contributed by atoms with Crippen molar-refractivity contribution in [2.24, 2.45) is 0 Å². The van der Waals surface area contributed by atoms with Crippen LogP contribution < -0.4 is 5.32 Å². The summed E-state index contributed by atoms with van der Waals surface area (Å²) in [6.45, 7) is -0.521. The second-order valence-electron chi connectivity index (χ2n) is 5.56. The number of rotatable bonds is 6. The lowest BCUT2D eigenvalue weighted by molar-refractivity contribution is -0.119. The van der Waals surface area contributed by atoms with E-state index >= 15 is 0 Å². The topological polar surface area (TPSA) is 92.8 Å². The predicted octanol–water partition coefficient (Wildman–Crippen LogP) is 3.15. The van der Waals surface area contributed by atoms with Gasteiger partial charge in [0.2, 0.25) is 10.0 Å². The zero-order valence-electron chi connectivity index (χ0n) is 14.4. The van der Waals surface area contributed by atoms with E-state index in [2.05, 4.69) is 21.2 Å². The molecular weight excluding hydrogens is 460 g/mol. The third-order valence-electron chi connectivity index (χ3n) is 3.39. The van der Waals surface area contributed by atoms with Crippen molar-refractivity contribution >= 4 is 55.1 Å². The van der Waals surface area contributed by atoms with E-state index in [-0.39, 0.29) is 15.6 Å². The fraction of sp³-hybridized carbons (Fsp3) is 0.176. The van der Waals surface area contributed by atoms with Gasteiger partial charge < -0.3 is 10.1 Å². The molecule has 27 heavy (non-hydrogen) atoms. The highest BCUT2D eigenvalue weighted by Crippen LogP contribution is 2.26. The Morgan fingerprint density at radius 3 is 2.37 bits per heavy atom. The van der Waals surface area contributed by atoms with Gasteiger partial charge in [-0.1, -0.05) is 27.5 Å². The van der Waals surface area contributed by atoms with Crippen molar-refractivity contribution in [2.45, 2.75) is 4.90 Å². The molecule has 1 N–H and O–H groups in total. The van der Waals surface area contributed by atoms with Gasteiger partial charge in [-0.15, -0.1) is 0 Å². The Bertz CT molecular complexity index is 962. The molecule has 10 heteroatoms. The van der Waals surface area contributed by atoms with Gasteiger partial charge in [-0.2, -0.15) is 0 Å². The molecule has 0 aliphatic rings. The van der Waals surface area contributed by atoms with Crippen LogP contribution in [0.25, 0.3) is 0 Å². The number of hydrogen-bond acceptors (Lipinski definition) is 5. The molecule has 0 saturated carbocycles. The van der Waals surface area contributed by atoms with E-state index < -0.39 is 28.5 Å². The van der Waals surface area contributed by atoms with Gasteiger partial charge in [-0.3, -0.25) is 4.79 Å². The number of hydrogen-bond donors (Lipinski definition) is 1. The molecule has 0 unspecified atom stereocenters. The highest BCUT2D eigenvalue weighted by molar-refractivity contribution is 9.10. The first kappa shape index (κ1) is 21.4. The summed E-state index contributed by atoms with van der Waals surface area (Å²) < 4.78 is 31.3. The monoisotopic (exact) mass is 474 g/mol. The molecule has 0 radical (unpaired) electrons. The minimum atomic E-state index is -3.77. The number of ether oxygens (including phenoxy) is 1. The third kappa shape index (κ3) is 5.52. The fourth-order valence-electron chi connectivity index (χ4n) is 1.97. The van der Waals surface area contributed by atoms with Crippen molar-refractivity contribution in [1.82, 2.24) is 4.31 Å². The van der Waals surface area contributed by atoms with Crippen LogP contribution in [-0.2, 0) is 19.6 Å². The summed E-state index contributed by atoms with van der Waals surface area (Å²) in [5.41, 5.74) is 0.515. The molecule has 2 rings (SSSR count). The molecule has 0 fully saturated rings. The average Bonchev–Trinajstić information content (AvgIpc) is 2.61. The van der Waals surface area contributed by atoms with Crippen LogP contribution in [0.3, 0.4) is 0 Å². The normalized spacial score (nSPS) is 11.3. The number of esters is 1. The van der Waals surface area contributed by atoms with Crippen molar-refractivity contribution in [3.05, 3.63) is 57.5 Å². The van der Waals surface area contributed by atoms with Gasteiger partial charge in [-0.05, 0) is 42.5 Å². The van der Waals surface area contributed by atoms with Crippen molar-refractivity contribution in [2.75, 3.05) is 26.0 Å². The van der Waals surface area contributed by atoms with Gasteiger partial charge >= 0.3 is 5.97 Å². The minimum Gasteiger partial charge on any atom is -0.452 e. The number of benzene rings is 2. The molecule has 0 aromatic heterocycles. The van der Waals surface area contributed by atoms with E-state index in [1.807, 2.05) is 0 Å². The zero-order valence-corrected chi connectivity index (χ0v) is 17.6. The molecule has 0 heterocycles. The van der Waals surface area contributed by atoms with Gasteiger partial charge in [0, 0.05) is 24.3 Å². The van der Waals surface area contributed by atoms with E-state index in [0.29, 0.717) is 5.56 Å². The number of anilines is 1. The summed E-state index contributed by atoms with van der Waals surface area (Å²) in [5.74, 6) is -1.26. The molecule has 2 aromatic carbocycles. The van der Waals surface area contributed by atoms with Crippen molar-refractivity contribution < 1.29 is 22.7 Å². The molecule has 0 aliphatic heterocycles. The molecule has 7 nitrogen and oxygen atoms in total. The molecule has 0 saturated heterocycles. The van der Waals surface area contributed by atoms with Crippen LogP contribution in [0.15, 0.2) is 51.8 Å². The van der Waals surface area contributed by atoms with Crippen LogP contribution in [0.2, 0.25) is 5.02 Å². The standard InChI is InChI=1S/C17H16BrClN2O5S/c1-21(2)27(24,25)15-9-13(7-8-14(15)19)20-16(22)10-26-17(23)11-3-5-12(18)6-4-11/h3-9H,10H2,1-2H3,(H,20,22). The van der Waals surface area contributed by atoms with E-state index in [1.165, 1.54) is 32.3 Å². The van der Waals surface area contributed by atoms with Crippen LogP contribution in [-0.4, -0.2) is 45.3 Å². The molecule has 0 aliphatic carbocycles.